The van der Waals surface area contributed by atoms with Crippen molar-refractivity contribution in [2.75, 3.05) is 7.11 Å². The number of methoxy groups -OCH3 is 1. The van der Waals surface area contributed by atoms with E-state index in [1.807, 2.05) is 36.4 Å². The third-order valence-corrected chi connectivity index (χ3v) is 4.24. The average Bonchev–Trinajstić information content (AvgIpc) is 2.33. The van der Waals surface area contributed by atoms with Crippen LogP contribution in [0.5, 0.6) is 5.75 Å². The molecule has 0 saturated carbocycles. The first-order valence-corrected chi connectivity index (χ1v) is 6.57. The maximum atomic E-state index is 12.7. The molecular weight excluding hydrogens is 270 g/mol. The summed E-state index contributed by atoms with van der Waals surface area (Å²) >= 11 is 0.222. The second-order valence-electron chi connectivity index (χ2n) is 3.23. The molecule has 0 unspecified atom stereocenters. The van der Waals surface area contributed by atoms with E-state index < -0.39 is 0 Å². The van der Waals surface area contributed by atoms with E-state index in [1.165, 1.54) is 21.1 Å². The van der Waals surface area contributed by atoms with Gasteiger partial charge in [-0.15, -0.1) is 0 Å². The molecule has 0 aromatic heterocycles. The van der Waals surface area contributed by atoms with Gasteiger partial charge in [0.2, 0.25) is 0 Å². The first kappa shape index (κ1) is 11.2. The van der Waals surface area contributed by atoms with Gasteiger partial charge in [0.25, 0.3) is 0 Å². The molecule has 0 saturated heterocycles. The number of rotatable bonds is 3. The number of benzene rings is 2. The molecule has 0 N–H and O–H groups in total. The van der Waals surface area contributed by atoms with Crippen molar-refractivity contribution >= 4 is 23.9 Å². The Morgan fingerprint density at radius 1 is 0.875 bits per heavy atom. The van der Waals surface area contributed by atoms with Crippen LogP contribution in [0.4, 0.5) is 4.39 Å². The molecular formula is C13H11FOSe. The van der Waals surface area contributed by atoms with Crippen LogP contribution < -0.4 is 13.7 Å². The summed E-state index contributed by atoms with van der Waals surface area (Å²) in [6.07, 6.45) is 0. The zero-order valence-corrected chi connectivity index (χ0v) is 10.5. The van der Waals surface area contributed by atoms with E-state index in [9.17, 15) is 4.39 Å². The Bertz CT molecular complexity index is 450. The number of ether oxygens (including phenoxy) is 1. The first-order chi connectivity index (χ1) is 7.78. The molecule has 2 aromatic rings. The molecule has 2 rings (SSSR count). The van der Waals surface area contributed by atoms with Crippen LogP contribution in [0.2, 0.25) is 0 Å². The van der Waals surface area contributed by atoms with Gasteiger partial charge in [-0.2, -0.15) is 0 Å². The van der Waals surface area contributed by atoms with E-state index in [0.29, 0.717) is 0 Å². The summed E-state index contributed by atoms with van der Waals surface area (Å²) < 4.78 is 20.2. The molecule has 0 bridgehead atoms. The van der Waals surface area contributed by atoms with Gasteiger partial charge in [0, 0.05) is 0 Å². The Morgan fingerprint density at radius 3 is 1.88 bits per heavy atom. The van der Waals surface area contributed by atoms with E-state index >= 15 is 0 Å². The predicted octanol–water partition coefficient (Wildman–Crippen LogP) is 1.49. The van der Waals surface area contributed by atoms with Gasteiger partial charge < -0.3 is 0 Å². The van der Waals surface area contributed by atoms with Crippen LogP contribution in [0.3, 0.4) is 0 Å². The second kappa shape index (κ2) is 5.15. The van der Waals surface area contributed by atoms with Crippen LogP contribution >= 0.6 is 0 Å². The predicted molar refractivity (Wildman–Crippen MR) is 64.4 cm³/mol. The number of hydrogen-bond acceptors (Lipinski definition) is 1. The Kier molecular flexibility index (Phi) is 3.60. The number of hydrogen-bond donors (Lipinski definition) is 0. The summed E-state index contributed by atoms with van der Waals surface area (Å²) in [5, 5.41) is 0. The summed E-state index contributed by atoms with van der Waals surface area (Å²) in [6, 6.07) is 14.6. The summed E-state index contributed by atoms with van der Waals surface area (Å²) in [5.41, 5.74) is 0. The van der Waals surface area contributed by atoms with Crippen LogP contribution in [0.25, 0.3) is 0 Å². The first-order valence-electron chi connectivity index (χ1n) is 4.85. The van der Waals surface area contributed by atoms with Gasteiger partial charge in [0.15, 0.2) is 0 Å². The molecule has 0 spiro atoms. The SMILES string of the molecule is COc1ccc([Se]c2ccc(F)cc2)cc1. The topological polar surface area (TPSA) is 9.23 Å². The Balaban J connectivity index is 2.11. The van der Waals surface area contributed by atoms with Crippen LogP contribution in [0.15, 0.2) is 48.5 Å². The van der Waals surface area contributed by atoms with Gasteiger partial charge in [-0.3, -0.25) is 0 Å². The van der Waals surface area contributed by atoms with Crippen molar-refractivity contribution in [3.05, 3.63) is 54.3 Å². The summed E-state index contributed by atoms with van der Waals surface area (Å²) in [4.78, 5) is 0. The van der Waals surface area contributed by atoms with Crippen molar-refractivity contribution in [3.8, 4) is 5.75 Å². The molecule has 0 radical (unpaired) electrons. The maximum absolute atomic E-state index is 12.7. The fraction of sp³-hybridized carbons (Fsp3) is 0.0769. The molecule has 82 valence electrons. The van der Waals surface area contributed by atoms with Gasteiger partial charge in [-0.05, 0) is 0 Å². The van der Waals surface area contributed by atoms with Gasteiger partial charge in [0.05, 0.1) is 0 Å². The second-order valence-corrected chi connectivity index (χ2v) is 5.64. The van der Waals surface area contributed by atoms with E-state index in [0.717, 1.165) is 5.75 Å². The normalized spacial score (nSPS) is 10.1. The molecule has 16 heavy (non-hydrogen) atoms. The average molecular weight is 281 g/mol. The molecule has 0 aliphatic carbocycles. The minimum absolute atomic E-state index is 0.186. The summed E-state index contributed by atoms with van der Waals surface area (Å²) in [7, 11) is 1.65. The molecule has 0 amide bonds. The fourth-order valence-corrected chi connectivity index (χ4v) is 3.00. The quantitative estimate of drug-likeness (QED) is 0.775. The van der Waals surface area contributed by atoms with Crippen LogP contribution in [-0.4, -0.2) is 22.1 Å². The molecule has 3 heteroatoms. The molecule has 0 aliphatic rings. The fourth-order valence-electron chi connectivity index (χ4n) is 1.28. The van der Waals surface area contributed by atoms with E-state index in [2.05, 4.69) is 0 Å². The summed E-state index contributed by atoms with van der Waals surface area (Å²) in [5.74, 6) is 0.674. The Morgan fingerprint density at radius 2 is 1.38 bits per heavy atom. The van der Waals surface area contributed by atoms with E-state index in [1.54, 1.807) is 7.11 Å². The minimum atomic E-state index is -0.186. The zero-order valence-electron chi connectivity index (χ0n) is 8.81. The molecule has 0 fully saturated rings. The third-order valence-electron chi connectivity index (χ3n) is 2.11. The van der Waals surface area contributed by atoms with Crippen molar-refractivity contribution in [1.29, 1.82) is 0 Å². The molecule has 2 aromatic carbocycles. The Labute approximate surface area is 100 Å². The number of halogens is 1. The third kappa shape index (κ3) is 2.84. The molecule has 0 heterocycles. The van der Waals surface area contributed by atoms with Crippen molar-refractivity contribution in [2.24, 2.45) is 0 Å². The molecule has 1 nitrogen and oxygen atoms in total. The molecule has 0 atom stereocenters. The molecule has 0 aliphatic heterocycles. The van der Waals surface area contributed by atoms with Gasteiger partial charge in [-0.25, -0.2) is 0 Å². The monoisotopic (exact) mass is 282 g/mol. The van der Waals surface area contributed by atoms with Gasteiger partial charge in [-0.1, -0.05) is 0 Å². The van der Waals surface area contributed by atoms with Gasteiger partial charge in [0.1, 0.15) is 0 Å². The van der Waals surface area contributed by atoms with Crippen LogP contribution in [-0.2, 0) is 0 Å². The van der Waals surface area contributed by atoms with Crippen LogP contribution in [0, 0.1) is 5.82 Å². The van der Waals surface area contributed by atoms with Crippen molar-refractivity contribution in [3.63, 3.8) is 0 Å². The zero-order chi connectivity index (χ0) is 11.4. The van der Waals surface area contributed by atoms with Gasteiger partial charge >= 0.3 is 100 Å². The van der Waals surface area contributed by atoms with Crippen LogP contribution in [0.1, 0.15) is 0 Å². The summed E-state index contributed by atoms with van der Waals surface area (Å²) in [6.45, 7) is 0. The van der Waals surface area contributed by atoms with E-state index in [-0.39, 0.29) is 20.8 Å². The standard InChI is InChI=1S/C13H11FOSe/c1-15-11-4-8-13(9-5-11)16-12-6-2-10(14)3-7-12/h2-9H,1H3. The van der Waals surface area contributed by atoms with Crippen molar-refractivity contribution < 1.29 is 9.13 Å². The van der Waals surface area contributed by atoms with Crippen molar-refractivity contribution in [1.82, 2.24) is 0 Å². The van der Waals surface area contributed by atoms with Crippen molar-refractivity contribution in [2.45, 2.75) is 0 Å². The van der Waals surface area contributed by atoms with E-state index in [4.69, 9.17) is 4.74 Å². The Hall–Kier alpha value is -1.31.